The number of rotatable bonds is 1. The second kappa shape index (κ2) is 3.40. The standard InChI is InChI=1S/C13H8BrNO2/c14-13(15(16)17)11-7-3-1-5-9(11)10-6-2-4-8-12(10)13/h1-8H. The Bertz CT molecular complexity index is 579. The monoisotopic (exact) mass is 289 g/mol. The molecule has 0 aromatic heterocycles. The van der Waals surface area contributed by atoms with Crippen LogP contribution in [0.1, 0.15) is 11.1 Å². The van der Waals surface area contributed by atoms with Crippen molar-refractivity contribution in [2.45, 2.75) is 4.45 Å². The summed E-state index contributed by atoms with van der Waals surface area (Å²) in [5.74, 6) is 0. The molecule has 17 heavy (non-hydrogen) atoms. The van der Waals surface area contributed by atoms with E-state index in [2.05, 4.69) is 15.9 Å². The van der Waals surface area contributed by atoms with Gasteiger partial charge in [-0.3, -0.25) is 10.1 Å². The Labute approximate surface area is 106 Å². The van der Waals surface area contributed by atoms with Gasteiger partial charge in [-0.1, -0.05) is 36.4 Å². The zero-order chi connectivity index (χ0) is 12.0. The number of nitrogens with zero attached hydrogens (tertiary/aromatic N) is 1. The number of benzene rings is 2. The maximum Gasteiger partial charge on any atom is 0.325 e. The molecule has 0 atom stereocenters. The smallest absolute Gasteiger partial charge is 0.262 e. The van der Waals surface area contributed by atoms with Crippen LogP contribution >= 0.6 is 15.9 Å². The zero-order valence-electron chi connectivity index (χ0n) is 8.76. The molecule has 0 bridgehead atoms. The highest BCUT2D eigenvalue weighted by Crippen LogP contribution is 2.52. The van der Waals surface area contributed by atoms with E-state index in [-0.39, 0.29) is 4.92 Å². The molecule has 0 unspecified atom stereocenters. The van der Waals surface area contributed by atoms with Gasteiger partial charge in [0.1, 0.15) is 0 Å². The van der Waals surface area contributed by atoms with E-state index < -0.39 is 4.45 Å². The van der Waals surface area contributed by atoms with Crippen LogP contribution in [0, 0.1) is 10.1 Å². The molecule has 0 spiro atoms. The van der Waals surface area contributed by atoms with E-state index in [1.807, 2.05) is 36.4 Å². The Balaban J connectivity index is 2.43. The zero-order valence-corrected chi connectivity index (χ0v) is 10.3. The van der Waals surface area contributed by atoms with E-state index in [4.69, 9.17) is 0 Å². The lowest BCUT2D eigenvalue weighted by Crippen LogP contribution is -2.27. The topological polar surface area (TPSA) is 43.1 Å². The summed E-state index contributed by atoms with van der Waals surface area (Å²) < 4.78 is -1.31. The normalized spacial score (nSPS) is 15.1. The van der Waals surface area contributed by atoms with Crippen LogP contribution < -0.4 is 0 Å². The van der Waals surface area contributed by atoms with Crippen LogP contribution in [-0.4, -0.2) is 4.92 Å². The summed E-state index contributed by atoms with van der Waals surface area (Å²) >= 11 is 3.31. The lowest BCUT2D eigenvalue weighted by Gasteiger charge is -2.15. The van der Waals surface area contributed by atoms with Crippen LogP contribution in [-0.2, 0) is 4.45 Å². The lowest BCUT2D eigenvalue weighted by atomic mass is 10.1. The molecule has 0 fully saturated rings. The molecule has 0 radical (unpaired) electrons. The molecular weight excluding hydrogens is 282 g/mol. The molecule has 3 nitrogen and oxygen atoms in total. The Morgan fingerprint density at radius 1 is 0.941 bits per heavy atom. The molecule has 1 aliphatic carbocycles. The van der Waals surface area contributed by atoms with Crippen molar-refractivity contribution in [2.75, 3.05) is 0 Å². The summed E-state index contributed by atoms with van der Waals surface area (Å²) in [5.41, 5.74) is 3.26. The summed E-state index contributed by atoms with van der Waals surface area (Å²) in [6.07, 6.45) is 0. The second-order valence-corrected chi connectivity index (χ2v) is 5.12. The molecule has 84 valence electrons. The van der Waals surface area contributed by atoms with Gasteiger partial charge in [0.25, 0.3) is 0 Å². The fourth-order valence-electron chi connectivity index (χ4n) is 2.36. The summed E-state index contributed by atoms with van der Waals surface area (Å²) in [6, 6.07) is 14.9. The van der Waals surface area contributed by atoms with Gasteiger partial charge in [-0.2, -0.15) is 0 Å². The van der Waals surface area contributed by atoms with E-state index >= 15 is 0 Å². The van der Waals surface area contributed by atoms with E-state index in [0.29, 0.717) is 11.1 Å². The maximum absolute atomic E-state index is 11.4. The van der Waals surface area contributed by atoms with Gasteiger partial charge in [-0.15, -0.1) is 0 Å². The molecule has 3 rings (SSSR count). The van der Waals surface area contributed by atoms with E-state index in [1.165, 1.54) is 0 Å². The Morgan fingerprint density at radius 2 is 1.35 bits per heavy atom. The number of alkyl halides is 1. The van der Waals surface area contributed by atoms with Crippen molar-refractivity contribution in [1.29, 1.82) is 0 Å². The van der Waals surface area contributed by atoms with Gasteiger partial charge < -0.3 is 0 Å². The van der Waals surface area contributed by atoms with E-state index in [9.17, 15) is 10.1 Å². The summed E-state index contributed by atoms with van der Waals surface area (Å²) in [5, 5.41) is 11.4. The third-order valence-electron chi connectivity index (χ3n) is 3.11. The number of hydrogen-bond donors (Lipinski definition) is 0. The summed E-state index contributed by atoms with van der Waals surface area (Å²) in [7, 11) is 0. The fraction of sp³-hybridized carbons (Fsp3) is 0.0769. The highest BCUT2D eigenvalue weighted by molar-refractivity contribution is 9.09. The molecule has 0 N–H and O–H groups in total. The van der Waals surface area contributed by atoms with Crippen molar-refractivity contribution in [3.05, 3.63) is 69.8 Å². The Hall–Kier alpha value is -1.68. The molecule has 1 aliphatic rings. The molecule has 2 aromatic carbocycles. The number of nitro groups is 1. The van der Waals surface area contributed by atoms with Gasteiger partial charge in [0.05, 0.1) is 11.1 Å². The van der Waals surface area contributed by atoms with Crippen LogP contribution in [0.4, 0.5) is 0 Å². The average Bonchev–Trinajstić information content (AvgIpc) is 2.63. The van der Waals surface area contributed by atoms with Crippen LogP contribution in [0.5, 0.6) is 0 Å². The molecule has 0 aliphatic heterocycles. The number of hydrogen-bond acceptors (Lipinski definition) is 2. The largest absolute Gasteiger partial charge is 0.325 e. The third-order valence-corrected chi connectivity index (χ3v) is 4.25. The van der Waals surface area contributed by atoms with Crippen molar-refractivity contribution in [2.24, 2.45) is 0 Å². The van der Waals surface area contributed by atoms with Crippen LogP contribution in [0.2, 0.25) is 0 Å². The Kier molecular flexibility index (Phi) is 2.10. The quantitative estimate of drug-likeness (QED) is 0.349. The van der Waals surface area contributed by atoms with Gasteiger partial charge in [-0.25, -0.2) is 0 Å². The minimum absolute atomic E-state index is 0.280. The van der Waals surface area contributed by atoms with E-state index in [1.54, 1.807) is 12.1 Å². The first-order chi connectivity index (χ1) is 8.15. The highest BCUT2D eigenvalue weighted by Gasteiger charge is 2.51. The summed E-state index contributed by atoms with van der Waals surface area (Å²) in [4.78, 5) is 11.1. The van der Waals surface area contributed by atoms with Crippen molar-refractivity contribution < 1.29 is 4.92 Å². The van der Waals surface area contributed by atoms with Crippen LogP contribution in [0.25, 0.3) is 11.1 Å². The highest BCUT2D eigenvalue weighted by atomic mass is 79.9. The molecule has 0 heterocycles. The van der Waals surface area contributed by atoms with Gasteiger partial charge >= 0.3 is 4.45 Å². The second-order valence-electron chi connectivity index (χ2n) is 3.97. The minimum atomic E-state index is -1.31. The predicted molar refractivity (Wildman–Crippen MR) is 68.6 cm³/mol. The maximum atomic E-state index is 11.4. The Morgan fingerprint density at radius 3 is 1.76 bits per heavy atom. The van der Waals surface area contributed by atoms with Crippen molar-refractivity contribution in [1.82, 2.24) is 0 Å². The van der Waals surface area contributed by atoms with Gasteiger partial charge in [0.15, 0.2) is 0 Å². The molecule has 0 amide bonds. The van der Waals surface area contributed by atoms with Gasteiger partial charge in [0, 0.05) is 20.9 Å². The number of halogens is 1. The first kappa shape index (κ1) is 10.5. The molecule has 0 saturated heterocycles. The molecule has 2 aromatic rings. The lowest BCUT2D eigenvalue weighted by molar-refractivity contribution is -0.530. The van der Waals surface area contributed by atoms with Crippen molar-refractivity contribution >= 4 is 15.9 Å². The van der Waals surface area contributed by atoms with E-state index in [0.717, 1.165) is 11.1 Å². The first-order valence-electron chi connectivity index (χ1n) is 5.18. The van der Waals surface area contributed by atoms with Crippen LogP contribution in [0.3, 0.4) is 0 Å². The van der Waals surface area contributed by atoms with Crippen molar-refractivity contribution in [3.63, 3.8) is 0 Å². The predicted octanol–water partition coefficient (Wildman–Crippen LogP) is 3.54. The first-order valence-corrected chi connectivity index (χ1v) is 5.98. The van der Waals surface area contributed by atoms with Crippen LogP contribution in [0.15, 0.2) is 48.5 Å². The third kappa shape index (κ3) is 1.21. The van der Waals surface area contributed by atoms with Gasteiger partial charge in [-0.05, 0) is 23.3 Å². The average molecular weight is 290 g/mol. The number of fused-ring (bicyclic) bond motifs is 3. The van der Waals surface area contributed by atoms with Crippen molar-refractivity contribution in [3.8, 4) is 11.1 Å². The molecular formula is C13H8BrNO2. The fourth-order valence-corrected chi connectivity index (χ4v) is 3.05. The minimum Gasteiger partial charge on any atom is -0.262 e. The summed E-state index contributed by atoms with van der Waals surface area (Å²) in [6.45, 7) is 0. The van der Waals surface area contributed by atoms with Gasteiger partial charge in [0.2, 0.25) is 0 Å². The molecule has 4 heteroatoms. The SMILES string of the molecule is O=[N+]([O-])C1(Br)c2ccccc2-c2ccccc21. The molecule has 0 saturated carbocycles.